The van der Waals surface area contributed by atoms with E-state index in [0.717, 1.165) is 44.4 Å². The highest BCUT2D eigenvalue weighted by Gasteiger charge is 2.30. The van der Waals surface area contributed by atoms with E-state index in [1.807, 2.05) is 67.6 Å². The number of thioether (sulfide) groups is 1. The third-order valence-corrected chi connectivity index (χ3v) is 10.7. The fourth-order valence-corrected chi connectivity index (χ4v) is 8.05. The predicted octanol–water partition coefficient (Wildman–Crippen LogP) is 10.5. The number of allylic oxidation sites excluding steroid dienone is 2. The van der Waals surface area contributed by atoms with Crippen LogP contribution in [-0.4, -0.2) is 17.3 Å². The topological polar surface area (TPSA) is 67.2 Å². The highest BCUT2D eigenvalue weighted by atomic mass is 32.2. The summed E-state index contributed by atoms with van der Waals surface area (Å²) in [5.41, 5.74) is 6.76. The smallest absolute Gasteiger partial charge is 0.211 e. The maximum atomic E-state index is 12.6. The molecule has 2 unspecified atom stereocenters. The second-order valence-electron chi connectivity index (χ2n) is 12.6. The van der Waals surface area contributed by atoms with Gasteiger partial charge in [0.2, 0.25) is 5.78 Å². The van der Waals surface area contributed by atoms with Gasteiger partial charge in [-0.1, -0.05) is 107 Å². The van der Waals surface area contributed by atoms with Crippen LogP contribution in [0.5, 0.6) is 5.75 Å². The van der Waals surface area contributed by atoms with Gasteiger partial charge in [0.05, 0.1) is 16.9 Å². The molecule has 2 aliphatic rings. The van der Waals surface area contributed by atoms with Gasteiger partial charge < -0.3 is 4.18 Å². The minimum Gasteiger partial charge on any atom is -0.421 e. The molecule has 232 valence electrons. The summed E-state index contributed by atoms with van der Waals surface area (Å²) < 4.78 is 6.14. The molecule has 1 N–H and O–H groups in total. The molecule has 4 aromatic rings. The molecule has 0 bridgehead atoms. The summed E-state index contributed by atoms with van der Waals surface area (Å²) in [6, 6.07) is 28.9. The van der Waals surface area contributed by atoms with E-state index in [0.29, 0.717) is 11.5 Å². The Kier molecular flexibility index (Phi) is 9.21. The standard InChI is InChI=1S/C40H37NO3S2/c1-25(2)23-40(4,28-14-12-27(13-15-28)24-45-36-9-5-8-34-31(36)21-22-35(41)39(34)43)29-16-18-30(19-17-29)44-46-37-10-6-7-33-32(37)20-11-26(3)38(33)42/h5-22,25-26,41H,23-24H2,1-4H3. The maximum Gasteiger partial charge on any atom is 0.211 e. The molecule has 6 heteroatoms. The number of rotatable bonds is 10. The third kappa shape index (κ3) is 6.42. The van der Waals surface area contributed by atoms with Crippen LogP contribution in [0.3, 0.4) is 0 Å². The van der Waals surface area contributed by atoms with Gasteiger partial charge >= 0.3 is 0 Å². The van der Waals surface area contributed by atoms with Gasteiger partial charge in [0.25, 0.3) is 0 Å². The number of benzene rings is 4. The van der Waals surface area contributed by atoms with E-state index in [4.69, 9.17) is 9.59 Å². The van der Waals surface area contributed by atoms with Crippen LogP contribution in [0.4, 0.5) is 0 Å². The zero-order valence-electron chi connectivity index (χ0n) is 26.5. The fraction of sp³-hybridized carbons (Fsp3) is 0.225. The lowest BCUT2D eigenvalue weighted by atomic mass is 9.71. The van der Waals surface area contributed by atoms with Crippen molar-refractivity contribution in [1.82, 2.24) is 0 Å². The molecule has 0 spiro atoms. The van der Waals surface area contributed by atoms with E-state index >= 15 is 0 Å². The first-order valence-corrected chi connectivity index (χ1v) is 17.3. The number of hydrogen-bond donors (Lipinski definition) is 1. The van der Waals surface area contributed by atoms with Gasteiger partial charge in [-0.2, -0.15) is 0 Å². The van der Waals surface area contributed by atoms with Crippen molar-refractivity contribution >= 4 is 53.2 Å². The number of ketones is 2. The number of hydrogen-bond acceptors (Lipinski definition) is 6. The van der Waals surface area contributed by atoms with Gasteiger partial charge in [0, 0.05) is 38.7 Å². The molecule has 4 nitrogen and oxygen atoms in total. The molecule has 6 rings (SSSR count). The Morgan fingerprint density at radius 2 is 1.43 bits per heavy atom. The van der Waals surface area contributed by atoms with Crippen molar-refractivity contribution in [2.45, 2.75) is 55.1 Å². The minimum atomic E-state index is -0.216. The van der Waals surface area contributed by atoms with Gasteiger partial charge in [0.1, 0.15) is 11.5 Å². The van der Waals surface area contributed by atoms with E-state index in [2.05, 4.69) is 57.2 Å². The average Bonchev–Trinajstić information content (AvgIpc) is 3.06. The summed E-state index contributed by atoms with van der Waals surface area (Å²) in [6.07, 6.45) is 8.45. The van der Waals surface area contributed by atoms with E-state index in [9.17, 15) is 9.59 Å². The zero-order chi connectivity index (χ0) is 32.4. The summed E-state index contributed by atoms with van der Waals surface area (Å²) in [5, 5.41) is 7.85. The number of carbonyl (C=O) groups excluding carboxylic acids is 2. The molecular formula is C40H37NO3S2. The Labute approximate surface area is 280 Å². The van der Waals surface area contributed by atoms with Crippen LogP contribution in [0.2, 0.25) is 0 Å². The summed E-state index contributed by atoms with van der Waals surface area (Å²) in [7, 11) is 0. The Balaban J connectivity index is 1.16. The second-order valence-corrected chi connectivity index (χ2v) is 14.4. The largest absolute Gasteiger partial charge is 0.421 e. The number of Topliss-reactive ketones (excluding diaryl/α,β-unsaturated/α-hetero) is 2. The first kappa shape index (κ1) is 31.8. The summed E-state index contributed by atoms with van der Waals surface area (Å²) >= 11 is 3.00. The van der Waals surface area contributed by atoms with Crippen molar-refractivity contribution < 1.29 is 13.8 Å². The highest BCUT2D eigenvalue weighted by Crippen LogP contribution is 2.40. The van der Waals surface area contributed by atoms with Crippen LogP contribution in [-0.2, 0) is 11.2 Å². The molecule has 46 heavy (non-hydrogen) atoms. The highest BCUT2D eigenvalue weighted by molar-refractivity contribution is 7.98. The monoisotopic (exact) mass is 643 g/mol. The third-order valence-electron chi connectivity index (χ3n) is 8.79. The van der Waals surface area contributed by atoms with E-state index in [1.54, 1.807) is 23.9 Å². The van der Waals surface area contributed by atoms with Gasteiger partial charge in [-0.05, 0) is 64.9 Å². The molecule has 2 atom stereocenters. The fourth-order valence-electron chi connectivity index (χ4n) is 6.32. The summed E-state index contributed by atoms with van der Waals surface area (Å²) in [6.45, 7) is 8.77. The molecule has 0 aromatic heterocycles. The Morgan fingerprint density at radius 3 is 2.13 bits per heavy atom. The Hall–Kier alpha value is -4.13. The van der Waals surface area contributed by atoms with E-state index in [1.165, 1.54) is 28.7 Å². The quantitative estimate of drug-likeness (QED) is 0.138. The summed E-state index contributed by atoms with van der Waals surface area (Å²) in [4.78, 5) is 27.0. The van der Waals surface area contributed by atoms with Crippen molar-refractivity contribution in [3.8, 4) is 5.75 Å². The van der Waals surface area contributed by atoms with E-state index < -0.39 is 0 Å². The first-order valence-electron chi connectivity index (χ1n) is 15.6. The number of carbonyl (C=O) groups is 2. The molecule has 4 aromatic carbocycles. The lowest BCUT2D eigenvalue weighted by Gasteiger charge is -2.33. The average molecular weight is 644 g/mol. The van der Waals surface area contributed by atoms with Crippen molar-refractivity contribution in [3.05, 3.63) is 136 Å². The normalized spacial score (nSPS) is 16.7. The molecular weight excluding hydrogens is 607 g/mol. The van der Waals surface area contributed by atoms with Crippen LogP contribution < -0.4 is 4.18 Å². The van der Waals surface area contributed by atoms with Crippen LogP contribution in [0.1, 0.15) is 82.6 Å². The molecule has 0 amide bonds. The molecule has 2 aliphatic carbocycles. The Bertz CT molecular complexity index is 1870. The van der Waals surface area contributed by atoms with Crippen LogP contribution in [0.15, 0.2) is 107 Å². The SMILES string of the molecule is CC(C)CC(C)(c1ccc(CSc2cccc3c2C=CC(=N)C3=O)cc1)c1ccc(OSc2cccc3c2C=CC(C)C3=O)cc1. The molecule has 0 saturated heterocycles. The lowest BCUT2D eigenvalue weighted by Crippen LogP contribution is -2.25. The van der Waals surface area contributed by atoms with Crippen LogP contribution >= 0.6 is 23.8 Å². The van der Waals surface area contributed by atoms with Crippen molar-refractivity contribution in [2.24, 2.45) is 11.8 Å². The van der Waals surface area contributed by atoms with Crippen LogP contribution in [0.25, 0.3) is 12.2 Å². The minimum absolute atomic E-state index is 0.0345. The Morgan fingerprint density at radius 1 is 0.804 bits per heavy atom. The van der Waals surface area contributed by atoms with Gasteiger partial charge in [0.15, 0.2) is 5.78 Å². The maximum absolute atomic E-state index is 12.6. The van der Waals surface area contributed by atoms with Crippen LogP contribution in [0, 0.1) is 17.2 Å². The number of fused-ring (bicyclic) bond motifs is 2. The first-order chi connectivity index (χ1) is 22.1. The molecule has 0 radical (unpaired) electrons. The van der Waals surface area contributed by atoms with Gasteiger partial charge in [-0.25, -0.2) is 0 Å². The predicted molar refractivity (Wildman–Crippen MR) is 191 cm³/mol. The molecule has 0 saturated carbocycles. The van der Waals surface area contributed by atoms with Gasteiger partial charge in [-0.3, -0.25) is 15.0 Å². The second kappa shape index (κ2) is 13.3. The van der Waals surface area contributed by atoms with Crippen molar-refractivity contribution in [3.63, 3.8) is 0 Å². The zero-order valence-corrected chi connectivity index (χ0v) is 28.1. The lowest BCUT2D eigenvalue weighted by molar-refractivity contribution is 0.0950. The van der Waals surface area contributed by atoms with Gasteiger partial charge in [-0.15, -0.1) is 11.8 Å². The molecule has 0 heterocycles. The van der Waals surface area contributed by atoms with E-state index in [-0.39, 0.29) is 28.6 Å². The van der Waals surface area contributed by atoms with Crippen molar-refractivity contribution in [2.75, 3.05) is 0 Å². The van der Waals surface area contributed by atoms with Crippen molar-refractivity contribution in [1.29, 1.82) is 5.41 Å². The molecule has 0 fully saturated rings. The number of nitrogens with one attached hydrogen (secondary N) is 1. The molecule has 0 aliphatic heterocycles. The summed E-state index contributed by atoms with van der Waals surface area (Å²) in [5.74, 6) is 1.88.